The normalized spacial score (nSPS) is 10.7. The molecule has 55 valence electrons. The summed E-state index contributed by atoms with van der Waals surface area (Å²) >= 11 is 5.51. The predicted molar refractivity (Wildman–Crippen MR) is 40.0 cm³/mol. The van der Waals surface area contributed by atoms with Gasteiger partial charge in [-0.25, -0.2) is 4.39 Å². The average molecular weight is 170 g/mol. The zero-order chi connectivity index (χ0) is 7.84. The van der Waals surface area contributed by atoms with E-state index in [1.165, 1.54) is 12.1 Å². The second kappa shape index (κ2) is 2.24. The summed E-state index contributed by atoms with van der Waals surface area (Å²) in [5.41, 5.74) is 0.465. The average Bonchev–Trinajstić information content (AvgIpc) is 2.45. The molecule has 0 spiro atoms. The molecule has 0 N–H and O–H groups in total. The lowest BCUT2D eigenvalue weighted by molar-refractivity contribution is 0.602. The molecule has 1 aromatic carbocycles. The maximum atomic E-state index is 13.0. The van der Waals surface area contributed by atoms with Crippen molar-refractivity contribution in [3.05, 3.63) is 35.3 Å². The van der Waals surface area contributed by atoms with Gasteiger partial charge in [-0.1, -0.05) is 11.6 Å². The number of hydrogen-bond acceptors (Lipinski definition) is 1. The van der Waals surface area contributed by atoms with Crippen LogP contribution in [0.25, 0.3) is 11.0 Å². The highest BCUT2D eigenvalue weighted by atomic mass is 35.5. The number of benzene rings is 1. The van der Waals surface area contributed by atoms with Crippen molar-refractivity contribution in [1.29, 1.82) is 0 Å². The Balaban J connectivity index is 2.93. The SMILES string of the molecule is Fc1c(Cl)ccc2o[c]cc12. The van der Waals surface area contributed by atoms with Crippen molar-refractivity contribution in [2.24, 2.45) is 0 Å². The molecule has 0 aliphatic rings. The molecule has 0 amide bonds. The van der Waals surface area contributed by atoms with E-state index in [0.29, 0.717) is 11.0 Å². The molecule has 0 bridgehead atoms. The van der Waals surface area contributed by atoms with Gasteiger partial charge in [-0.15, -0.1) is 0 Å². The minimum atomic E-state index is -0.450. The van der Waals surface area contributed by atoms with Crippen LogP contribution in [0.2, 0.25) is 5.02 Å². The quantitative estimate of drug-likeness (QED) is 0.591. The van der Waals surface area contributed by atoms with Crippen LogP contribution in [0, 0.1) is 12.1 Å². The number of halogens is 2. The van der Waals surface area contributed by atoms with Gasteiger partial charge in [-0.2, -0.15) is 0 Å². The van der Waals surface area contributed by atoms with E-state index in [4.69, 9.17) is 16.0 Å². The summed E-state index contributed by atoms with van der Waals surface area (Å²) < 4.78 is 17.8. The van der Waals surface area contributed by atoms with Gasteiger partial charge in [0.15, 0.2) is 12.1 Å². The maximum absolute atomic E-state index is 13.0. The molecule has 0 fully saturated rings. The predicted octanol–water partition coefficient (Wildman–Crippen LogP) is 3.03. The van der Waals surface area contributed by atoms with E-state index >= 15 is 0 Å². The van der Waals surface area contributed by atoms with E-state index in [1.54, 1.807) is 6.07 Å². The summed E-state index contributed by atoms with van der Waals surface area (Å²) in [5, 5.41) is 0.477. The third-order valence-electron chi connectivity index (χ3n) is 1.46. The first kappa shape index (κ1) is 6.68. The van der Waals surface area contributed by atoms with Gasteiger partial charge in [0.05, 0.1) is 10.4 Å². The van der Waals surface area contributed by atoms with E-state index in [1.807, 2.05) is 0 Å². The van der Waals surface area contributed by atoms with Crippen LogP contribution in [-0.2, 0) is 0 Å². The molecule has 2 aromatic rings. The Hall–Kier alpha value is -1.02. The van der Waals surface area contributed by atoms with Gasteiger partial charge < -0.3 is 4.42 Å². The van der Waals surface area contributed by atoms with Gasteiger partial charge in [-0.05, 0) is 18.2 Å². The highest BCUT2D eigenvalue weighted by Crippen LogP contribution is 2.24. The van der Waals surface area contributed by atoms with Crippen LogP contribution < -0.4 is 0 Å². The number of fused-ring (bicyclic) bond motifs is 1. The fourth-order valence-corrected chi connectivity index (χ4v) is 1.09. The summed E-state index contributed by atoms with van der Waals surface area (Å²) in [6.45, 7) is 0. The second-order valence-electron chi connectivity index (χ2n) is 2.14. The Labute approximate surface area is 67.4 Å². The monoisotopic (exact) mass is 169 g/mol. The molecule has 0 saturated heterocycles. The van der Waals surface area contributed by atoms with Crippen molar-refractivity contribution in [1.82, 2.24) is 0 Å². The van der Waals surface area contributed by atoms with E-state index in [9.17, 15) is 4.39 Å². The van der Waals surface area contributed by atoms with Gasteiger partial charge in [0.2, 0.25) is 0 Å². The highest BCUT2D eigenvalue weighted by molar-refractivity contribution is 6.31. The fraction of sp³-hybridized carbons (Fsp3) is 0. The third kappa shape index (κ3) is 0.906. The Morgan fingerprint density at radius 1 is 1.45 bits per heavy atom. The Bertz CT molecular complexity index is 394. The van der Waals surface area contributed by atoms with Crippen LogP contribution in [-0.4, -0.2) is 0 Å². The summed E-state index contributed by atoms with van der Waals surface area (Å²) in [4.78, 5) is 0. The van der Waals surface area contributed by atoms with Crippen LogP contribution in [0.1, 0.15) is 0 Å². The summed E-state index contributed by atoms with van der Waals surface area (Å²) in [6, 6.07) is 4.49. The molecule has 1 heterocycles. The molecule has 0 saturated carbocycles. The first-order chi connectivity index (χ1) is 5.29. The zero-order valence-corrected chi connectivity index (χ0v) is 6.15. The van der Waals surface area contributed by atoms with Gasteiger partial charge in [0.25, 0.3) is 0 Å². The molecule has 2 rings (SSSR count). The number of hydrogen-bond donors (Lipinski definition) is 0. The van der Waals surface area contributed by atoms with Gasteiger partial charge in [-0.3, -0.25) is 0 Å². The third-order valence-corrected chi connectivity index (χ3v) is 1.76. The van der Waals surface area contributed by atoms with Gasteiger partial charge in [0, 0.05) is 0 Å². The zero-order valence-electron chi connectivity index (χ0n) is 5.40. The molecule has 0 aliphatic heterocycles. The number of rotatable bonds is 0. The molecule has 1 nitrogen and oxygen atoms in total. The first-order valence-electron chi connectivity index (χ1n) is 3.02. The standard InChI is InChI=1S/C8H3ClFO/c9-6-1-2-7-5(8(6)10)3-4-11-7/h1-3H. The molecule has 3 heteroatoms. The smallest absolute Gasteiger partial charge is 0.170 e. The first-order valence-corrected chi connectivity index (χ1v) is 3.40. The van der Waals surface area contributed by atoms with E-state index in [-0.39, 0.29) is 5.02 Å². The van der Waals surface area contributed by atoms with E-state index < -0.39 is 5.82 Å². The summed E-state index contributed by atoms with van der Waals surface area (Å²) in [6.07, 6.45) is 2.43. The molecule has 11 heavy (non-hydrogen) atoms. The van der Waals surface area contributed by atoms with Crippen LogP contribution in [0.15, 0.2) is 22.6 Å². The molecule has 1 radical (unpaired) electrons. The van der Waals surface area contributed by atoms with Crippen molar-refractivity contribution in [3.63, 3.8) is 0 Å². The van der Waals surface area contributed by atoms with E-state index in [0.717, 1.165) is 0 Å². The molecule has 0 atom stereocenters. The Morgan fingerprint density at radius 2 is 2.27 bits per heavy atom. The fourth-order valence-electron chi connectivity index (χ4n) is 0.924. The van der Waals surface area contributed by atoms with Crippen molar-refractivity contribution >= 4 is 22.6 Å². The Kier molecular flexibility index (Phi) is 1.36. The van der Waals surface area contributed by atoms with E-state index in [2.05, 4.69) is 6.26 Å². The van der Waals surface area contributed by atoms with Crippen LogP contribution >= 0.6 is 11.6 Å². The molecular formula is C8H3ClFO. The van der Waals surface area contributed by atoms with Crippen LogP contribution in [0.3, 0.4) is 0 Å². The van der Waals surface area contributed by atoms with Gasteiger partial charge in [0.1, 0.15) is 5.58 Å². The minimum Gasteiger partial charge on any atom is -0.453 e. The lowest BCUT2D eigenvalue weighted by atomic mass is 10.2. The lowest BCUT2D eigenvalue weighted by Crippen LogP contribution is -1.75. The van der Waals surface area contributed by atoms with Crippen molar-refractivity contribution in [2.45, 2.75) is 0 Å². The summed E-state index contributed by atoms with van der Waals surface area (Å²) in [5.74, 6) is -0.450. The van der Waals surface area contributed by atoms with Gasteiger partial charge >= 0.3 is 0 Å². The summed E-state index contributed by atoms with van der Waals surface area (Å²) in [7, 11) is 0. The molecular weight excluding hydrogens is 167 g/mol. The molecule has 1 aromatic heterocycles. The van der Waals surface area contributed by atoms with Crippen LogP contribution in [0.4, 0.5) is 4.39 Å². The molecule has 0 aliphatic carbocycles. The van der Waals surface area contributed by atoms with Crippen molar-refractivity contribution in [3.8, 4) is 0 Å². The Morgan fingerprint density at radius 3 is 3.09 bits per heavy atom. The minimum absolute atomic E-state index is 0.104. The molecule has 0 unspecified atom stereocenters. The topological polar surface area (TPSA) is 13.1 Å². The van der Waals surface area contributed by atoms with Crippen molar-refractivity contribution in [2.75, 3.05) is 0 Å². The van der Waals surface area contributed by atoms with Crippen LogP contribution in [0.5, 0.6) is 0 Å². The highest BCUT2D eigenvalue weighted by Gasteiger charge is 2.06. The maximum Gasteiger partial charge on any atom is 0.170 e. The van der Waals surface area contributed by atoms with Crippen molar-refractivity contribution < 1.29 is 8.81 Å². The second-order valence-corrected chi connectivity index (χ2v) is 2.54. The largest absolute Gasteiger partial charge is 0.453 e. The lowest BCUT2D eigenvalue weighted by Gasteiger charge is -1.92. The number of furan rings is 1.